The SMILES string of the molecule is Cc1ccc(N=C2SC(=Cc3ccccc3)SC2=Nc2ccc(C)cc2)cc1. The fourth-order valence-corrected chi connectivity index (χ4v) is 4.89. The Labute approximate surface area is 174 Å². The molecule has 0 aliphatic carbocycles. The van der Waals surface area contributed by atoms with Gasteiger partial charge >= 0.3 is 0 Å². The minimum absolute atomic E-state index is 0.941. The highest BCUT2D eigenvalue weighted by Gasteiger charge is 2.24. The number of hydrogen-bond acceptors (Lipinski definition) is 4. The summed E-state index contributed by atoms with van der Waals surface area (Å²) in [6.07, 6.45) is 2.19. The predicted molar refractivity (Wildman–Crippen MR) is 126 cm³/mol. The molecular weight excluding hydrogens is 380 g/mol. The van der Waals surface area contributed by atoms with E-state index in [2.05, 4.69) is 92.7 Å². The van der Waals surface area contributed by atoms with Crippen LogP contribution in [-0.2, 0) is 0 Å². The minimum Gasteiger partial charge on any atom is -0.239 e. The largest absolute Gasteiger partial charge is 0.239 e. The van der Waals surface area contributed by atoms with Gasteiger partial charge in [-0.3, -0.25) is 0 Å². The third-order valence-corrected chi connectivity index (χ3v) is 6.41. The van der Waals surface area contributed by atoms with Crippen LogP contribution >= 0.6 is 23.5 Å². The lowest BCUT2D eigenvalue weighted by molar-refractivity contribution is 1.43. The number of benzene rings is 3. The van der Waals surface area contributed by atoms with E-state index < -0.39 is 0 Å². The second kappa shape index (κ2) is 8.63. The summed E-state index contributed by atoms with van der Waals surface area (Å²) in [5.41, 5.74) is 5.55. The first-order valence-corrected chi connectivity index (χ1v) is 10.7. The van der Waals surface area contributed by atoms with E-state index in [0.29, 0.717) is 0 Å². The minimum atomic E-state index is 0.941. The molecule has 0 radical (unpaired) electrons. The van der Waals surface area contributed by atoms with Gasteiger partial charge in [0.1, 0.15) is 10.1 Å². The lowest BCUT2D eigenvalue weighted by atomic mass is 10.2. The summed E-state index contributed by atoms with van der Waals surface area (Å²) in [6.45, 7) is 4.17. The summed E-state index contributed by atoms with van der Waals surface area (Å²) in [5, 5.41) is 1.88. The molecule has 3 aromatic rings. The van der Waals surface area contributed by atoms with Gasteiger partial charge in [-0.05, 0) is 49.8 Å². The van der Waals surface area contributed by atoms with Crippen LogP contribution in [0.2, 0.25) is 0 Å². The Balaban J connectivity index is 1.70. The topological polar surface area (TPSA) is 24.7 Å². The van der Waals surface area contributed by atoms with E-state index in [-0.39, 0.29) is 0 Å². The molecule has 0 saturated carbocycles. The molecule has 1 fully saturated rings. The maximum Gasteiger partial charge on any atom is 0.135 e. The summed E-state index contributed by atoms with van der Waals surface area (Å²) < 4.78 is 1.18. The Morgan fingerprint density at radius 1 is 0.607 bits per heavy atom. The summed E-state index contributed by atoms with van der Waals surface area (Å²) in [6, 6.07) is 26.9. The predicted octanol–water partition coefficient (Wildman–Crippen LogP) is 7.54. The molecule has 0 spiro atoms. The zero-order chi connectivity index (χ0) is 19.3. The number of hydrogen-bond donors (Lipinski definition) is 0. The molecule has 0 atom stereocenters. The quantitative estimate of drug-likeness (QED) is 0.453. The Morgan fingerprint density at radius 3 is 1.54 bits per heavy atom. The molecule has 3 aromatic carbocycles. The number of nitrogens with zero attached hydrogens (tertiary/aromatic N) is 2. The molecule has 0 N–H and O–H groups in total. The van der Waals surface area contributed by atoms with Crippen molar-refractivity contribution in [3.8, 4) is 0 Å². The van der Waals surface area contributed by atoms with Gasteiger partial charge in [-0.25, -0.2) is 9.98 Å². The molecule has 1 saturated heterocycles. The Hall–Kier alpha value is -2.56. The number of aliphatic imine (C=N–C) groups is 2. The van der Waals surface area contributed by atoms with Crippen LogP contribution in [0.3, 0.4) is 0 Å². The summed E-state index contributed by atoms with van der Waals surface area (Å²) >= 11 is 3.36. The van der Waals surface area contributed by atoms with Crippen molar-refractivity contribution in [3.05, 3.63) is 99.8 Å². The molecule has 0 aromatic heterocycles. The Bertz CT molecular complexity index is 983. The molecular formula is C24H20N2S2. The second-order valence-corrected chi connectivity index (χ2v) is 8.90. The first-order valence-electron chi connectivity index (χ1n) is 9.09. The van der Waals surface area contributed by atoms with Crippen LogP contribution in [0, 0.1) is 13.8 Å². The zero-order valence-corrected chi connectivity index (χ0v) is 17.4. The summed E-state index contributed by atoms with van der Waals surface area (Å²) in [4.78, 5) is 9.75. The lowest BCUT2D eigenvalue weighted by Gasteiger charge is -2.00. The van der Waals surface area contributed by atoms with Crippen molar-refractivity contribution in [2.24, 2.45) is 9.98 Å². The van der Waals surface area contributed by atoms with E-state index in [1.54, 1.807) is 23.5 Å². The monoisotopic (exact) mass is 400 g/mol. The van der Waals surface area contributed by atoms with Gasteiger partial charge in [-0.15, -0.1) is 0 Å². The maximum absolute atomic E-state index is 4.87. The van der Waals surface area contributed by atoms with Crippen molar-refractivity contribution in [2.75, 3.05) is 0 Å². The maximum atomic E-state index is 4.87. The third kappa shape index (κ3) is 4.83. The highest BCUT2D eigenvalue weighted by Crippen LogP contribution is 2.43. The normalized spacial score (nSPS) is 16.7. The van der Waals surface area contributed by atoms with Crippen molar-refractivity contribution in [1.29, 1.82) is 0 Å². The molecule has 28 heavy (non-hydrogen) atoms. The molecule has 4 rings (SSSR count). The van der Waals surface area contributed by atoms with Crippen molar-refractivity contribution in [1.82, 2.24) is 0 Å². The van der Waals surface area contributed by atoms with Gasteiger partial charge < -0.3 is 0 Å². The van der Waals surface area contributed by atoms with Crippen molar-refractivity contribution in [3.63, 3.8) is 0 Å². The van der Waals surface area contributed by atoms with Crippen molar-refractivity contribution < 1.29 is 0 Å². The van der Waals surface area contributed by atoms with Gasteiger partial charge in [0, 0.05) is 0 Å². The molecule has 1 aliphatic rings. The van der Waals surface area contributed by atoms with Crippen molar-refractivity contribution in [2.45, 2.75) is 13.8 Å². The number of rotatable bonds is 3. The average molecular weight is 401 g/mol. The van der Waals surface area contributed by atoms with Gasteiger partial charge in [-0.1, -0.05) is 89.2 Å². The smallest absolute Gasteiger partial charge is 0.135 e. The zero-order valence-electron chi connectivity index (χ0n) is 15.8. The third-order valence-electron chi connectivity index (χ3n) is 4.19. The molecule has 2 nitrogen and oxygen atoms in total. The molecule has 0 unspecified atom stereocenters. The summed E-state index contributed by atoms with van der Waals surface area (Å²) in [7, 11) is 0. The van der Waals surface area contributed by atoms with Gasteiger partial charge in [0.05, 0.1) is 15.6 Å². The molecule has 0 amide bonds. The fourth-order valence-electron chi connectivity index (χ4n) is 2.66. The standard InChI is InChI=1S/C24H20N2S2/c1-17-8-12-20(13-9-17)25-23-24(26-21-14-10-18(2)11-15-21)28-22(27-23)16-19-6-4-3-5-7-19/h3-16H,1-2H3. The Morgan fingerprint density at radius 2 is 1.07 bits per heavy atom. The van der Waals surface area contributed by atoms with Crippen molar-refractivity contribution >= 4 is 51.1 Å². The van der Waals surface area contributed by atoms with E-state index in [0.717, 1.165) is 21.5 Å². The van der Waals surface area contributed by atoms with Crippen LogP contribution in [-0.4, -0.2) is 10.1 Å². The first kappa shape index (κ1) is 18.8. The van der Waals surface area contributed by atoms with E-state index >= 15 is 0 Å². The molecule has 4 heteroatoms. The van der Waals surface area contributed by atoms with Gasteiger partial charge in [0.2, 0.25) is 0 Å². The second-order valence-electron chi connectivity index (χ2n) is 6.58. The lowest BCUT2D eigenvalue weighted by Crippen LogP contribution is -1.98. The van der Waals surface area contributed by atoms with Crippen LogP contribution in [0.4, 0.5) is 11.4 Å². The molecule has 1 aliphatic heterocycles. The van der Waals surface area contributed by atoms with Crippen LogP contribution in [0.25, 0.3) is 6.08 Å². The number of thioether (sulfide) groups is 2. The van der Waals surface area contributed by atoms with E-state index in [4.69, 9.17) is 9.98 Å². The highest BCUT2D eigenvalue weighted by molar-refractivity contribution is 8.44. The Kier molecular flexibility index (Phi) is 5.79. The fraction of sp³-hybridized carbons (Fsp3) is 0.0833. The van der Waals surface area contributed by atoms with Gasteiger partial charge in [0.15, 0.2) is 0 Å². The molecule has 0 bridgehead atoms. The van der Waals surface area contributed by atoms with E-state index in [9.17, 15) is 0 Å². The van der Waals surface area contributed by atoms with Gasteiger partial charge in [-0.2, -0.15) is 0 Å². The molecule has 138 valence electrons. The van der Waals surface area contributed by atoms with E-state index in [1.165, 1.54) is 20.9 Å². The first-order chi connectivity index (χ1) is 13.7. The number of aryl methyl sites for hydroxylation is 2. The van der Waals surface area contributed by atoms with E-state index in [1.807, 2.05) is 6.07 Å². The highest BCUT2D eigenvalue weighted by atomic mass is 32.2. The average Bonchev–Trinajstić information content (AvgIpc) is 3.07. The molecule has 1 heterocycles. The van der Waals surface area contributed by atoms with Crippen LogP contribution < -0.4 is 0 Å². The van der Waals surface area contributed by atoms with Gasteiger partial charge in [0.25, 0.3) is 0 Å². The summed E-state index contributed by atoms with van der Waals surface area (Å²) in [5.74, 6) is 0. The van der Waals surface area contributed by atoms with Crippen LogP contribution in [0.1, 0.15) is 16.7 Å². The van der Waals surface area contributed by atoms with Crippen LogP contribution in [0.15, 0.2) is 93.1 Å². The van der Waals surface area contributed by atoms with Crippen LogP contribution in [0.5, 0.6) is 0 Å².